The van der Waals surface area contributed by atoms with E-state index in [0.29, 0.717) is 23.6 Å². The standard InChI is InChI=1S/C13H15ClO3/c1-10(15)17-12-7-5-11(6-8-12)13(16)4-2-3-9-14/h5-8H,2-4,9H2,1H3. The van der Waals surface area contributed by atoms with E-state index in [1.54, 1.807) is 24.3 Å². The summed E-state index contributed by atoms with van der Waals surface area (Å²) in [6, 6.07) is 6.58. The Labute approximate surface area is 106 Å². The van der Waals surface area contributed by atoms with E-state index < -0.39 is 0 Å². The van der Waals surface area contributed by atoms with Crippen LogP contribution in [0.2, 0.25) is 0 Å². The predicted molar refractivity (Wildman–Crippen MR) is 66.7 cm³/mol. The molecule has 0 aliphatic heterocycles. The summed E-state index contributed by atoms with van der Waals surface area (Å²) in [5.74, 6) is 0.754. The normalized spacial score (nSPS) is 10.0. The van der Waals surface area contributed by atoms with Gasteiger partial charge in [0, 0.05) is 24.8 Å². The van der Waals surface area contributed by atoms with E-state index in [1.807, 2.05) is 0 Å². The number of ether oxygens (including phenoxy) is 1. The Hall–Kier alpha value is -1.35. The summed E-state index contributed by atoms with van der Waals surface area (Å²) in [4.78, 5) is 22.4. The van der Waals surface area contributed by atoms with Crippen molar-refractivity contribution in [3.8, 4) is 5.75 Å². The number of benzene rings is 1. The fourth-order valence-electron chi connectivity index (χ4n) is 1.40. The molecular formula is C13H15ClO3. The van der Waals surface area contributed by atoms with E-state index in [1.165, 1.54) is 6.92 Å². The van der Waals surface area contributed by atoms with Gasteiger partial charge in [-0.3, -0.25) is 9.59 Å². The van der Waals surface area contributed by atoms with Crippen LogP contribution in [0, 0.1) is 0 Å². The van der Waals surface area contributed by atoms with Crippen molar-refractivity contribution < 1.29 is 14.3 Å². The van der Waals surface area contributed by atoms with Crippen molar-refractivity contribution >= 4 is 23.4 Å². The topological polar surface area (TPSA) is 43.4 Å². The Morgan fingerprint density at radius 2 is 1.82 bits per heavy atom. The Kier molecular flexibility index (Phi) is 5.70. The molecule has 0 unspecified atom stereocenters. The molecule has 0 N–H and O–H groups in total. The Morgan fingerprint density at radius 1 is 1.18 bits per heavy atom. The fraction of sp³-hybridized carbons (Fsp3) is 0.385. The van der Waals surface area contributed by atoms with Gasteiger partial charge in [-0.1, -0.05) is 0 Å². The number of ketones is 1. The smallest absolute Gasteiger partial charge is 0.308 e. The molecule has 92 valence electrons. The Balaban J connectivity index is 2.54. The molecular weight excluding hydrogens is 240 g/mol. The van der Waals surface area contributed by atoms with E-state index in [4.69, 9.17) is 16.3 Å². The van der Waals surface area contributed by atoms with Crippen molar-refractivity contribution in [2.45, 2.75) is 26.2 Å². The Morgan fingerprint density at radius 3 is 2.35 bits per heavy atom. The van der Waals surface area contributed by atoms with Gasteiger partial charge in [-0.25, -0.2) is 0 Å². The number of hydrogen-bond donors (Lipinski definition) is 0. The molecule has 0 amide bonds. The summed E-state index contributed by atoms with van der Waals surface area (Å²) in [6.45, 7) is 1.34. The molecule has 0 aromatic heterocycles. The highest BCUT2D eigenvalue weighted by Crippen LogP contribution is 2.14. The second-order valence-corrected chi connectivity index (χ2v) is 4.07. The number of esters is 1. The summed E-state index contributed by atoms with van der Waals surface area (Å²) in [6.07, 6.45) is 2.15. The number of carbonyl (C=O) groups is 2. The molecule has 0 spiro atoms. The van der Waals surface area contributed by atoms with Crippen LogP contribution < -0.4 is 4.74 Å². The van der Waals surface area contributed by atoms with Crippen LogP contribution in [0.25, 0.3) is 0 Å². The first kappa shape index (κ1) is 13.7. The predicted octanol–water partition coefficient (Wildman–Crippen LogP) is 3.20. The maximum absolute atomic E-state index is 11.7. The quantitative estimate of drug-likeness (QED) is 0.257. The molecule has 3 nitrogen and oxygen atoms in total. The van der Waals surface area contributed by atoms with E-state index in [0.717, 1.165) is 12.8 Å². The molecule has 1 rings (SSSR count). The highest BCUT2D eigenvalue weighted by molar-refractivity contribution is 6.17. The van der Waals surface area contributed by atoms with Crippen molar-refractivity contribution in [1.29, 1.82) is 0 Å². The SMILES string of the molecule is CC(=O)Oc1ccc(C(=O)CCCCCl)cc1. The van der Waals surface area contributed by atoms with Crippen LogP contribution >= 0.6 is 11.6 Å². The van der Waals surface area contributed by atoms with Gasteiger partial charge in [0.15, 0.2) is 5.78 Å². The first-order chi connectivity index (χ1) is 8.13. The number of carbonyl (C=O) groups excluding carboxylic acids is 2. The molecule has 0 aliphatic rings. The molecule has 0 heterocycles. The second kappa shape index (κ2) is 7.07. The van der Waals surface area contributed by atoms with E-state index in [9.17, 15) is 9.59 Å². The molecule has 0 radical (unpaired) electrons. The summed E-state index contributed by atoms with van der Waals surface area (Å²) >= 11 is 5.54. The number of alkyl halides is 1. The lowest BCUT2D eigenvalue weighted by Gasteiger charge is -2.03. The minimum absolute atomic E-state index is 0.0875. The molecule has 4 heteroatoms. The summed E-state index contributed by atoms with van der Waals surface area (Å²) in [7, 11) is 0. The number of Topliss-reactive ketones (excluding diaryl/α,β-unsaturated/α-hetero) is 1. The van der Waals surface area contributed by atoms with Crippen LogP contribution in [0.4, 0.5) is 0 Å². The second-order valence-electron chi connectivity index (χ2n) is 3.69. The molecule has 0 bridgehead atoms. The van der Waals surface area contributed by atoms with Crippen LogP contribution in [-0.2, 0) is 4.79 Å². The third-order valence-corrected chi connectivity index (χ3v) is 2.49. The van der Waals surface area contributed by atoms with Crippen LogP contribution in [-0.4, -0.2) is 17.6 Å². The zero-order valence-electron chi connectivity index (χ0n) is 9.74. The first-order valence-electron chi connectivity index (χ1n) is 5.51. The van der Waals surface area contributed by atoms with Gasteiger partial charge in [-0.2, -0.15) is 0 Å². The van der Waals surface area contributed by atoms with Gasteiger partial charge in [0.25, 0.3) is 0 Å². The van der Waals surface area contributed by atoms with E-state index in [2.05, 4.69) is 0 Å². The number of halogens is 1. The van der Waals surface area contributed by atoms with Crippen molar-refractivity contribution in [2.75, 3.05) is 5.88 Å². The molecule has 0 fully saturated rings. The zero-order chi connectivity index (χ0) is 12.7. The van der Waals surface area contributed by atoms with Crippen LogP contribution in [0.3, 0.4) is 0 Å². The summed E-state index contributed by atoms with van der Waals surface area (Å²) in [5.41, 5.74) is 0.635. The van der Waals surface area contributed by atoms with Crippen LogP contribution in [0.15, 0.2) is 24.3 Å². The fourth-order valence-corrected chi connectivity index (χ4v) is 1.59. The molecule has 0 saturated carbocycles. The highest BCUT2D eigenvalue weighted by atomic mass is 35.5. The third-order valence-electron chi connectivity index (χ3n) is 2.23. The Bertz CT molecular complexity index is 384. The van der Waals surface area contributed by atoms with Gasteiger partial charge in [0.2, 0.25) is 0 Å². The van der Waals surface area contributed by atoms with E-state index in [-0.39, 0.29) is 11.8 Å². The summed E-state index contributed by atoms with van der Waals surface area (Å²) in [5, 5.41) is 0. The molecule has 0 aliphatic carbocycles. The van der Waals surface area contributed by atoms with Crippen molar-refractivity contribution in [3.05, 3.63) is 29.8 Å². The van der Waals surface area contributed by atoms with Gasteiger partial charge in [-0.15, -0.1) is 11.6 Å². The molecule has 1 aromatic rings. The maximum Gasteiger partial charge on any atom is 0.308 e. The van der Waals surface area contributed by atoms with Crippen LogP contribution in [0.5, 0.6) is 5.75 Å². The lowest BCUT2D eigenvalue weighted by atomic mass is 10.1. The molecule has 0 saturated heterocycles. The largest absolute Gasteiger partial charge is 0.427 e. The van der Waals surface area contributed by atoms with Gasteiger partial charge < -0.3 is 4.74 Å². The van der Waals surface area contributed by atoms with Crippen molar-refractivity contribution in [3.63, 3.8) is 0 Å². The van der Waals surface area contributed by atoms with Gasteiger partial charge >= 0.3 is 5.97 Å². The molecule has 0 atom stereocenters. The van der Waals surface area contributed by atoms with Gasteiger partial charge in [0.1, 0.15) is 5.75 Å². The summed E-state index contributed by atoms with van der Waals surface area (Å²) < 4.78 is 4.88. The average molecular weight is 255 g/mol. The zero-order valence-corrected chi connectivity index (χ0v) is 10.5. The molecule has 17 heavy (non-hydrogen) atoms. The lowest BCUT2D eigenvalue weighted by Crippen LogP contribution is -2.02. The van der Waals surface area contributed by atoms with Crippen molar-refractivity contribution in [2.24, 2.45) is 0 Å². The number of rotatable bonds is 6. The lowest BCUT2D eigenvalue weighted by molar-refractivity contribution is -0.131. The maximum atomic E-state index is 11.7. The highest BCUT2D eigenvalue weighted by Gasteiger charge is 2.06. The van der Waals surface area contributed by atoms with Gasteiger partial charge in [0.05, 0.1) is 0 Å². The number of hydrogen-bond acceptors (Lipinski definition) is 3. The first-order valence-corrected chi connectivity index (χ1v) is 6.04. The number of unbranched alkanes of at least 4 members (excludes halogenated alkanes) is 1. The minimum atomic E-state index is -0.369. The average Bonchev–Trinajstić information content (AvgIpc) is 2.29. The van der Waals surface area contributed by atoms with Crippen LogP contribution in [0.1, 0.15) is 36.5 Å². The monoisotopic (exact) mass is 254 g/mol. The molecule has 1 aromatic carbocycles. The van der Waals surface area contributed by atoms with E-state index >= 15 is 0 Å². The van der Waals surface area contributed by atoms with Gasteiger partial charge in [-0.05, 0) is 37.1 Å². The minimum Gasteiger partial charge on any atom is -0.427 e. The third kappa shape index (κ3) is 5.00. The van der Waals surface area contributed by atoms with Crippen molar-refractivity contribution in [1.82, 2.24) is 0 Å².